The fourth-order valence-corrected chi connectivity index (χ4v) is 3.29. The average Bonchev–Trinajstić information content (AvgIpc) is 3.11. The molecule has 0 aliphatic rings. The van der Waals surface area contributed by atoms with Gasteiger partial charge in [-0.25, -0.2) is 9.97 Å². The van der Waals surface area contributed by atoms with Crippen LogP contribution < -0.4 is 9.47 Å². The molecule has 0 aliphatic heterocycles. The quantitative estimate of drug-likeness (QED) is 0.582. The standard InChI is InChI=1S/C17H16N4O2S/c1-20-9-11(12-7-10-5-4-6-18-16(10)21(12)24)15-13(20)8-14(22-2)17(19-15)23-3/h4-9,24H,1-3H3. The first-order chi connectivity index (χ1) is 11.6. The van der Waals surface area contributed by atoms with Crippen molar-refractivity contribution in [2.75, 3.05) is 14.2 Å². The highest BCUT2D eigenvalue weighted by Gasteiger charge is 2.18. The molecule has 0 N–H and O–H groups in total. The minimum Gasteiger partial charge on any atom is -0.491 e. The molecule has 0 unspecified atom stereocenters. The minimum atomic E-state index is 0.456. The SMILES string of the molecule is COc1cc2c(nc1OC)c(-c1cc3cccnc3n1S)cn2C. The van der Waals surface area contributed by atoms with Gasteiger partial charge in [0.25, 0.3) is 5.88 Å². The van der Waals surface area contributed by atoms with Crippen LogP contribution in [0.2, 0.25) is 0 Å². The van der Waals surface area contributed by atoms with Crippen LogP contribution in [-0.4, -0.2) is 32.7 Å². The first kappa shape index (κ1) is 14.9. The van der Waals surface area contributed by atoms with E-state index in [-0.39, 0.29) is 0 Å². The van der Waals surface area contributed by atoms with Crippen molar-refractivity contribution in [1.82, 2.24) is 18.5 Å². The van der Waals surface area contributed by atoms with Crippen LogP contribution in [-0.2, 0) is 7.05 Å². The Bertz CT molecular complexity index is 1070. The van der Waals surface area contributed by atoms with Crippen molar-refractivity contribution in [2.24, 2.45) is 7.05 Å². The summed E-state index contributed by atoms with van der Waals surface area (Å²) in [4.78, 5) is 9.03. The van der Waals surface area contributed by atoms with E-state index in [0.717, 1.165) is 33.3 Å². The third-order valence-corrected chi connectivity index (χ3v) is 4.52. The Labute approximate surface area is 144 Å². The fourth-order valence-electron chi connectivity index (χ4n) is 2.95. The van der Waals surface area contributed by atoms with Gasteiger partial charge >= 0.3 is 0 Å². The number of aryl methyl sites for hydroxylation is 1. The summed E-state index contributed by atoms with van der Waals surface area (Å²) in [6.45, 7) is 0. The Morgan fingerprint density at radius 3 is 2.71 bits per heavy atom. The summed E-state index contributed by atoms with van der Waals surface area (Å²) in [5.74, 6) is 1.06. The molecule has 4 heterocycles. The molecule has 7 heteroatoms. The normalized spacial score (nSPS) is 11.3. The van der Waals surface area contributed by atoms with E-state index in [1.165, 1.54) is 0 Å². The number of hydrogen-bond donors (Lipinski definition) is 1. The van der Waals surface area contributed by atoms with Gasteiger partial charge in [0, 0.05) is 36.5 Å². The van der Waals surface area contributed by atoms with Crippen molar-refractivity contribution in [3.8, 4) is 22.9 Å². The van der Waals surface area contributed by atoms with Crippen LogP contribution in [0.3, 0.4) is 0 Å². The predicted molar refractivity (Wildman–Crippen MR) is 96.9 cm³/mol. The van der Waals surface area contributed by atoms with E-state index >= 15 is 0 Å². The lowest BCUT2D eigenvalue weighted by atomic mass is 10.2. The van der Waals surface area contributed by atoms with Crippen LogP contribution in [0.15, 0.2) is 36.7 Å². The molecular formula is C17H16N4O2S. The molecule has 24 heavy (non-hydrogen) atoms. The second-order valence-electron chi connectivity index (χ2n) is 5.48. The molecule has 0 bridgehead atoms. The van der Waals surface area contributed by atoms with Gasteiger partial charge in [-0.15, -0.1) is 0 Å². The second kappa shape index (κ2) is 5.45. The van der Waals surface area contributed by atoms with Crippen LogP contribution in [0.5, 0.6) is 11.6 Å². The Balaban J connectivity index is 2.04. The van der Waals surface area contributed by atoms with E-state index in [1.54, 1.807) is 24.4 Å². The lowest BCUT2D eigenvalue weighted by Gasteiger charge is -2.07. The van der Waals surface area contributed by atoms with Gasteiger partial charge in [0.1, 0.15) is 11.2 Å². The van der Waals surface area contributed by atoms with Crippen LogP contribution in [0.1, 0.15) is 0 Å². The molecule has 0 atom stereocenters. The van der Waals surface area contributed by atoms with Gasteiger partial charge in [-0.3, -0.25) is 3.97 Å². The number of aromatic nitrogens is 4. The van der Waals surface area contributed by atoms with E-state index in [1.807, 2.05) is 36.0 Å². The maximum atomic E-state index is 5.35. The van der Waals surface area contributed by atoms with Gasteiger partial charge < -0.3 is 14.0 Å². The predicted octanol–water partition coefficient (Wildman–Crippen LogP) is 3.30. The van der Waals surface area contributed by atoms with Crippen molar-refractivity contribution in [3.05, 3.63) is 36.7 Å². The molecule has 6 nitrogen and oxygen atoms in total. The summed E-state index contributed by atoms with van der Waals surface area (Å²) in [5, 5.41) is 1.03. The first-order valence-electron chi connectivity index (χ1n) is 7.38. The molecule has 4 aromatic heterocycles. The molecule has 4 rings (SSSR count). The number of thiol groups is 1. The number of rotatable bonds is 3. The van der Waals surface area contributed by atoms with Gasteiger partial charge in [-0.05, 0) is 18.2 Å². The van der Waals surface area contributed by atoms with E-state index in [4.69, 9.17) is 9.47 Å². The monoisotopic (exact) mass is 340 g/mol. The molecule has 4 aromatic rings. The molecule has 0 aromatic carbocycles. The Morgan fingerprint density at radius 2 is 2.00 bits per heavy atom. The van der Waals surface area contributed by atoms with Crippen LogP contribution in [0.4, 0.5) is 0 Å². The van der Waals surface area contributed by atoms with E-state index in [2.05, 4.69) is 28.8 Å². The lowest BCUT2D eigenvalue weighted by molar-refractivity contribution is 0.344. The fraction of sp³-hybridized carbons (Fsp3) is 0.176. The van der Waals surface area contributed by atoms with Crippen molar-refractivity contribution in [1.29, 1.82) is 0 Å². The number of hydrogen-bond acceptors (Lipinski definition) is 5. The molecule has 0 radical (unpaired) electrons. The highest BCUT2D eigenvalue weighted by molar-refractivity contribution is 7.78. The zero-order valence-electron chi connectivity index (χ0n) is 13.5. The van der Waals surface area contributed by atoms with Gasteiger partial charge in [0.2, 0.25) is 0 Å². The highest BCUT2D eigenvalue weighted by atomic mass is 32.1. The highest BCUT2D eigenvalue weighted by Crippen LogP contribution is 2.37. The molecular weight excluding hydrogens is 324 g/mol. The molecule has 0 fully saturated rings. The third-order valence-electron chi connectivity index (χ3n) is 4.12. The van der Waals surface area contributed by atoms with Crippen LogP contribution in [0.25, 0.3) is 33.3 Å². The Hall–Kier alpha value is -2.67. The van der Waals surface area contributed by atoms with Crippen molar-refractivity contribution in [3.63, 3.8) is 0 Å². The van der Waals surface area contributed by atoms with Crippen LogP contribution >= 0.6 is 12.8 Å². The van der Waals surface area contributed by atoms with E-state index < -0.39 is 0 Å². The molecule has 0 saturated carbocycles. The van der Waals surface area contributed by atoms with Gasteiger partial charge in [0.15, 0.2) is 5.75 Å². The smallest absolute Gasteiger partial charge is 0.257 e. The number of nitrogens with zero attached hydrogens (tertiary/aromatic N) is 4. The van der Waals surface area contributed by atoms with Gasteiger partial charge in [0.05, 0.1) is 25.4 Å². The first-order valence-corrected chi connectivity index (χ1v) is 7.78. The zero-order valence-corrected chi connectivity index (χ0v) is 14.4. The lowest BCUT2D eigenvalue weighted by Crippen LogP contribution is -1.95. The number of fused-ring (bicyclic) bond motifs is 2. The number of ether oxygens (including phenoxy) is 2. The summed E-state index contributed by atoms with van der Waals surface area (Å²) in [7, 11) is 5.16. The maximum Gasteiger partial charge on any atom is 0.257 e. The summed E-state index contributed by atoms with van der Waals surface area (Å²) in [5.41, 5.74) is 4.48. The topological polar surface area (TPSA) is 54.1 Å². The summed E-state index contributed by atoms with van der Waals surface area (Å²) in [6, 6.07) is 7.91. The maximum absolute atomic E-state index is 5.35. The van der Waals surface area contributed by atoms with Gasteiger partial charge in [-0.1, -0.05) is 12.8 Å². The molecule has 0 amide bonds. The molecule has 122 valence electrons. The largest absolute Gasteiger partial charge is 0.491 e. The van der Waals surface area contributed by atoms with Crippen LogP contribution in [0, 0.1) is 0 Å². The average molecular weight is 340 g/mol. The number of pyridine rings is 2. The Morgan fingerprint density at radius 1 is 1.17 bits per heavy atom. The summed E-state index contributed by atoms with van der Waals surface area (Å²) < 4.78 is 14.5. The second-order valence-corrected chi connectivity index (χ2v) is 5.88. The van der Waals surface area contributed by atoms with Crippen molar-refractivity contribution in [2.45, 2.75) is 0 Å². The Kier molecular flexibility index (Phi) is 3.38. The molecule has 0 spiro atoms. The summed E-state index contributed by atoms with van der Waals surface area (Å²) in [6.07, 6.45) is 3.78. The zero-order chi connectivity index (χ0) is 16.8. The third kappa shape index (κ3) is 2.05. The van der Waals surface area contributed by atoms with E-state index in [0.29, 0.717) is 11.6 Å². The number of methoxy groups -OCH3 is 2. The molecule has 0 aliphatic carbocycles. The minimum absolute atomic E-state index is 0.456. The van der Waals surface area contributed by atoms with Crippen molar-refractivity contribution < 1.29 is 9.47 Å². The van der Waals surface area contributed by atoms with E-state index in [9.17, 15) is 0 Å². The summed E-state index contributed by atoms with van der Waals surface area (Å²) >= 11 is 4.61. The van der Waals surface area contributed by atoms with Gasteiger partial charge in [-0.2, -0.15) is 0 Å². The molecule has 0 saturated heterocycles. The van der Waals surface area contributed by atoms with Crippen molar-refractivity contribution >= 4 is 34.9 Å².